The quantitative estimate of drug-likeness (QED) is 0.464. The van der Waals surface area contributed by atoms with E-state index in [4.69, 9.17) is 5.73 Å². The van der Waals surface area contributed by atoms with Gasteiger partial charge in [0, 0.05) is 19.6 Å². The minimum atomic E-state index is 0. The van der Waals surface area contributed by atoms with Crippen molar-refractivity contribution in [1.29, 1.82) is 0 Å². The highest BCUT2D eigenvalue weighted by molar-refractivity contribution is 14.0. The predicted molar refractivity (Wildman–Crippen MR) is 88.5 cm³/mol. The number of aliphatic imine (C=N–C) groups is 1. The fourth-order valence-electron chi connectivity index (χ4n) is 3.10. The summed E-state index contributed by atoms with van der Waals surface area (Å²) < 4.78 is 0. The van der Waals surface area contributed by atoms with Gasteiger partial charge in [-0.2, -0.15) is 0 Å². The van der Waals surface area contributed by atoms with Crippen molar-refractivity contribution in [3.63, 3.8) is 0 Å². The second-order valence-electron chi connectivity index (χ2n) is 5.77. The molecule has 2 aliphatic rings. The molecule has 106 valence electrons. The lowest BCUT2D eigenvalue weighted by atomic mass is 9.80. The molecule has 2 atom stereocenters. The zero-order valence-corrected chi connectivity index (χ0v) is 13.9. The number of likely N-dealkylation sites (tertiary alicyclic amines) is 1. The molecule has 0 bridgehead atoms. The largest absolute Gasteiger partial charge is 0.370 e. The van der Waals surface area contributed by atoms with Crippen LogP contribution in [0.1, 0.15) is 51.9 Å². The first-order valence-corrected chi connectivity index (χ1v) is 7.32. The third-order valence-electron chi connectivity index (χ3n) is 4.46. The smallest absolute Gasteiger partial charge is 0.191 e. The molecule has 2 fully saturated rings. The van der Waals surface area contributed by atoms with Gasteiger partial charge in [0.05, 0.1) is 0 Å². The van der Waals surface area contributed by atoms with Gasteiger partial charge in [-0.1, -0.05) is 26.2 Å². The van der Waals surface area contributed by atoms with Crippen LogP contribution in [0.4, 0.5) is 0 Å². The second kappa shape index (κ2) is 8.23. The van der Waals surface area contributed by atoms with Crippen molar-refractivity contribution in [2.24, 2.45) is 22.6 Å². The van der Waals surface area contributed by atoms with E-state index in [1.165, 1.54) is 44.9 Å². The highest BCUT2D eigenvalue weighted by Crippen LogP contribution is 2.29. The molecule has 2 unspecified atom stereocenters. The van der Waals surface area contributed by atoms with Gasteiger partial charge in [-0.15, -0.1) is 24.0 Å². The molecule has 0 spiro atoms. The Labute approximate surface area is 129 Å². The van der Waals surface area contributed by atoms with Gasteiger partial charge in [0.2, 0.25) is 0 Å². The number of piperidine rings is 1. The second-order valence-corrected chi connectivity index (χ2v) is 5.77. The fourth-order valence-corrected chi connectivity index (χ4v) is 3.10. The summed E-state index contributed by atoms with van der Waals surface area (Å²) in [5.41, 5.74) is 6.09. The molecular weight excluding hydrogens is 337 g/mol. The van der Waals surface area contributed by atoms with E-state index in [9.17, 15) is 0 Å². The van der Waals surface area contributed by atoms with Crippen LogP contribution in [0, 0.1) is 11.8 Å². The average molecular weight is 365 g/mol. The number of guanidine groups is 1. The standard InChI is InChI=1S/C14H27N3.HI/c1-12-7-3-4-8-13(12)11-16-14(15)17-9-5-2-6-10-17;/h12-13H,2-11H2,1H3,(H2,15,16);1H. The SMILES string of the molecule is CC1CCCCC1CN=C(N)N1CCCCC1.I. The molecular formula is C14H28IN3. The lowest BCUT2D eigenvalue weighted by Crippen LogP contribution is -2.41. The molecule has 18 heavy (non-hydrogen) atoms. The van der Waals surface area contributed by atoms with Crippen molar-refractivity contribution in [3.05, 3.63) is 0 Å². The first-order chi connectivity index (χ1) is 8.27. The number of rotatable bonds is 2. The average Bonchev–Trinajstić information content (AvgIpc) is 2.38. The van der Waals surface area contributed by atoms with Gasteiger partial charge in [-0.05, 0) is 37.5 Å². The minimum absolute atomic E-state index is 0. The van der Waals surface area contributed by atoms with Gasteiger partial charge in [-0.25, -0.2) is 0 Å². The van der Waals surface area contributed by atoms with Crippen molar-refractivity contribution in [3.8, 4) is 0 Å². The first-order valence-electron chi connectivity index (χ1n) is 7.32. The minimum Gasteiger partial charge on any atom is -0.370 e. The number of hydrogen-bond acceptors (Lipinski definition) is 1. The van der Waals surface area contributed by atoms with Crippen molar-refractivity contribution in [2.45, 2.75) is 51.9 Å². The van der Waals surface area contributed by atoms with Crippen LogP contribution in [-0.4, -0.2) is 30.5 Å². The molecule has 0 aromatic carbocycles. The van der Waals surface area contributed by atoms with E-state index in [0.717, 1.165) is 37.4 Å². The topological polar surface area (TPSA) is 41.6 Å². The lowest BCUT2D eigenvalue weighted by Gasteiger charge is -2.30. The summed E-state index contributed by atoms with van der Waals surface area (Å²) in [4.78, 5) is 6.90. The molecule has 2 rings (SSSR count). The molecule has 0 aromatic heterocycles. The van der Waals surface area contributed by atoms with Crippen LogP contribution in [0.2, 0.25) is 0 Å². The maximum Gasteiger partial charge on any atom is 0.191 e. The molecule has 3 nitrogen and oxygen atoms in total. The Kier molecular flexibility index (Phi) is 7.34. The molecule has 0 radical (unpaired) electrons. The third kappa shape index (κ3) is 4.59. The summed E-state index contributed by atoms with van der Waals surface area (Å²) in [5, 5.41) is 0. The molecule has 1 aliphatic heterocycles. The van der Waals surface area contributed by atoms with E-state index >= 15 is 0 Å². The maximum absolute atomic E-state index is 6.09. The summed E-state index contributed by atoms with van der Waals surface area (Å²) in [6.45, 7) is 5.53. The summed E-state index contributed by atoms with van der Waals surface area (Å²) in [6, 6.07) is 0. The zero-order chi connectivity index (χ0) is 12.1. The van der Waals surface area contributed by atoms with Crippen molar-refractivity contribution in [1.82, 2.24) is 4.90 Å². The van der Waals surface area contributed by atoms with Crippen LogP contribution >= 0.6 is 24.0 Å². The molecule has 4 heteroatoms. The Bertz CT molecular complexity index is 262. The maximum atomic E-state index is 6.09. The van der Waals surface area contributed by atoms with Crippen LogP contribution in [0.15, 0.2) is 4.99 Å². The van der Waals surface area contributed by atoms with Gasteiger partial charge in [-0.3, -0.25) is 4.99 Å². The number of nitrogens with two attached hydrogens (primary N) is 1. The normalized spacial score (nSPS) is 29.8. The van der Waals surface area contributed by atoms with Crippen LogP contribution < -0.4 is 5.73 Å². The Morgan fingerprint density at radius 1 is 1.11 bits per heavy atom. The Hall–Kier alpha value is 0. The van der Waals surface area contributed by atoms with Crippen molar-refractivity contribution >= 4 is 29.9 Å². The number of halogens is 1. The van der Waals surface area contributed by atoms with E-state index in [1.807, 2.05) is 0 Å². The monoisotopic (exact) mass is 365 g/mol. The molecule has 1 aliphatic carbocycles. The van der Waals surface area contributed by atoms with E-state index < -0.39 is 0 Å². The van der Waals surface area contributed by atoms with Gasteiger partial charge in [0.15, 0.2) is 5.96 Å². The molecule has 0 amide bonds. The highest BCUT2D eigenvalue weighted by Gasteiger charge is 2.21. The first kappa shape index (κ1) is 16.1. The summed E-state index contributed by atoms with van der Waals surface area (Å²) in [5.74, 6) is 2.40. The van der Waals surface area contributed by atoms with Gasteiger partial charge in [0.25, 0.3) is 0 Å². The van der Waals surface area contributed by atoms with E-state index in [0.29, 0.717) is 0 Å². The molecule has 2 N–H and O–H groups in total. The predicted octanol–water partition coefficient (Wildman–Crippen LogP) is 3.23. The molecule has 1 saturated carbocycles. The van der Waals surface area contributed by atoms with Crippen molar-refractivity contribution < 1.29 is 0 Å². The Balaban J connectivity index is 0.00000162. The lowest BCUT2D eigenvalue weighted by molar-refractivity contribution is 0.262. The van der Waals surface area contributed by atoms with E-state index in [1.54, 1.807) is 0 Å². The zero-order valence-electron chi connectivity index (χ0n) is 11.6. The third-order valence-corrected chi connectivity index (χ3v) is 4.46. The summed E-state index contributed by atoms with van der Waals surface area (Å²) >= 11 is 0. The van der Waals surface area contributed by atoms with Crippen molar-refractivity contribution in [2.75, 3.05) is 19.6 Å². The van der Waals surface area contributed by atoms with Gasteiger partial charge >= 0.3 is 0 Å². The van der Waals surface area contributed by atoms with E-state index in [2.05, 4.69) is 16.8 Å². The molecule has 0 aromatic rings. The fraction of sp³-hybridized carbons (Fsp3) is 0.929. The number of nitrogens with zero attached hydrogens (tertiary/aromatic N) is 2. The van der Waals surface area contributed by atoms with Gasteiger partial charge in [0.1, 0.15) is 0 Å². The number of hydrogen-bond donors (Lipinski definition) is 1. The molecule has 1 saturated heterocycles. The Morgan fingerprint density at radius 3 is 2.44 bits per heavy atom. The van der Waals surface area contributed by atoms with Crippen LogP contribution in [-0.2, 0) is 0 Å². The highest BCUT2D eigenvalue weighted by atomic mass is 127. The summed E-state index contributed by atoms with van der Waals surface area (Å²) in [6.07, 6.45) is 9.41. The van der Waals surface area contributed by atoms with Crippen LogP contribution in [0.3, 0.4) is 0 Å². The molecule has 1 heterocycles. The van der Waals surface area contributed by atoms with Crippen LogP contribution in [0.25, 0.3) is 0 Å². The van der Waals surface area contributed by atoms with E-state index in [-0.39, 0.29) is 24.0 Å². The van der Waals surface area contributed by atoms with Gasteiger partial charge < -0.3 is 10.6 Å². The van der Waals surface area contributed by atoms with Crippen LogP contribution in [0.5, 0.6) is 0 Å². The Morgan fingerprint density at radius 2 is 1.78 bits per heavy atom. The summed E-state index contributed by atoms with van der Waals surface area (Å²) in [7, 11) is 0.